The minimum absolute atomic E-state index is 0.00880. The van der Waals surface area contributed by atoms with Crippen LogP contribution in [0.15, 0.2) is 17.6 Å². The second-order valence-electron chi connectivity index (χ2n) is 2.64. The molecule has 2 aromatic heterocycles. The van der Waals surface area contributed by atoms with Gasteiger partial charge in [-0.3, -0.25) is 4.68 Å². The normalized spacial score (nSPS) is 10.3. The van der Waals surface area contributed by atoms with Crippen molar-refractivity contribution in [3.8, 4) is 10.7 Å². The molecule has 0 amide bonds. The summed E-state index contributed by atoms with van der Waals surface area (Å²) >= 11 is 1.54. The minimum Gasteiger partial charge on any atom is -0.448 e. The number of aromatic nitrogens is 3. The maximum atomic E-state index is 8.95. The Morgan fingerprint density at radius 2 is 2.46 bits per heavy atom. The molecule has 4 nitrogen and oxygen atoms in total. The highest BCUT2D eigenvalue weighted by atomic mass is 32.1. The van der Waals surface area contributed by atoms with E-state index in [0.717, 1.165) is 16.3 Å². The van der Waals surface area contributed by atoms with Crippen LogP contribution in [-0.2, 0) is 7.05 Å². The quantitative estimate of drug-likeness (QED) is 0.655. The SMILES string of the molecule is Cn1nc(-c2nccs2)cc1BO. The Hall–Kier alpha value is -1.14. The van der Waals surface area contributed by atoms with Gasteiger partial charge in [-0.2, -0.15) is 5.10 Å². The van der Waals surface area contributed by atoms with E-state index in [1.54, 1.807) is 10.9 Å². The highest BCUT2D eigenvalue weighted by Gasteiger charge is 2.08. The minimum atomic E-state index is 0.00880. The zero-order chi connectivity index (χ0) is 9.26. The van der Waals surface area contributed by atoms with Gasteiger partial charge in [0.2, 0.25) is 0 Å². The summed E-state index contributed by atoms with van der Waals surface area (Å²) in [4.78, 5) is 4.14. The van der Waals surface area contributed by atoms with Crippen LogP contribution in [-0.4, -0.2) is 27.3 Å². The van der Waals surface area contributed by atoms with Gasteiger partial charge in [0.1, 0.15) is 10.7 Å². The Morgan fingerprint density at radius 3 is 3.00 bits per heavy atom. The van der Waals surface area contributed by atoms with Gasteiger partial charge < -0.3 is 5.02 Å². The van der Waals surface area contributed by atoms with Gasteiger partial charge in [-0.1, -0.05) is 0 Å². The van der Waals surface area contributed by atoms with Crippen LogP contribution in [0.2, 0.25) is 0 Å². The molecule has 2 heterocycles. The summed E-state index contributed by atoms with van der Waals surface area (Å²) in [6, 6.07) is 1.85. The number of aryl methyl sites for hydroxylation is 1. The molecule has 0 aliphatic rings. The average molecular weight is 193 g/mol. The molecule has 0 saturated heterocycles. The van der Waals surface area contributed by atoms with E-state index in [4.69, 9.17) is 5.02 Å². The fourth-order valence-corrected chi connectivity index (χ4v) is 1.70. The van der Waals surface area contributed by atoms with Crippen molar-refractivity contribution in [2.75, 3.05) is 0 Å². The van der Waals surface area contributed by atoms with Crippen LogP contribution in [0.4, 0.5) is 0 Å². The standard InChI is InChI=1S/C7H8BN3OS/c1-11-6(8-12)4-5(10-11)7-9-2-3-13-7/h2-4,8,12H,1H3. The zero-order valence-corrected chi connectivity index (χ0v) is 7.95. The summed E-state index contributed by atoms with van der Waals surface area (Å²) in [5.41, 5.74) is 1.62. The number of thiazole rings is 1. The molecule has 2 rings (SSSR count). The Bertz CT molecular complexity index is 398. The molecule has 0 atom stereocenters. The number of rotatable bonds is 2. The molecule has 0 aromatic carbocycles. The number of hydrogen-bond donors (Lipinski definition) is 1. The molecular weight excluding hydrogens is 185 g/mol. The fourth-order valence-electron chi connectivity index (χ4n) is 1.11. The first-order valence-corrected chi connectivity index (χ1v) is 4.73. The molecule has 0 aliphatic heterocycles. The lowest BCUT2D eigenvalue weighted by Crippen LogP contribution is -2.21. The van der Waals surface area contributed by atoms with Crippen LogP contribution in [0.1, 0.15) is 0 Å². The molecule has 1 N–H and O–H groups in total. The van der Waals surface area contributed by atoms with Gasteiger partial charge >= 0.3 is 7.48 Å². The Morgan fingerprint density at radius 1 is 1.62 bits per heavy atom. The third-order valence-electron chi connectivity index (χ3n) is 1.79. The van der Waals surface area contributed by atoms with E-state index >= 15 is 0 Å². The Balaban J connectivity index is 2.43. The number of hydrogen-bond acceptors (Lipinski definition) is 4. The summed E-state index contributed by atoms with van der Waals surface area (Å²) < 4.78 is 1.66. The number of nitrogens with zero attached hydrogens (tertiary/aromatic N) is 3. The van der Waals surface area contributed by atoms with Crippen LogP contribution >= 0.6 is 11.3 Å². The first-order valence-electron chi connectivity index (χ1n) is 3.85. The zero-order valence-electron chi connectivity index (χ0n) is 7.14. The Labute approximate surface area is 80.1 Å². The monoisotopic (exact) mass is 193 g/mol. The highest BCUT2D eigenvalue weighted by Crippen LogP contribution is 2.17. The third-order valence-corrected chi connectivity index (χ3v) is 2.59. The van der Waals surface area contributed by atoms with Crippen molar-refractivity contribution in [1.29, 1.82) is 0 Å². The molecule has 66 valence electrons. The van der Waals surface area contributed by atoms with Crippen LogP contribution < -0.4 is 5.59 Å². The average Bonchev–Trinajstić information content (AvgIpc) is 2.71. The lowest BCUT2D eigenvalue weighted by molar-refractivity contribution is 0.609. The van der Waals surface area contributed by atoms with Crippen LogP contribution in [0.25, 0.3) is 10.7 Å². The molecular formula is C7H8BN3OS. The highest BCUT2D eigenvalue weighted by molar-refractivity contribution is 7.13. The summed E-state index contributed by atoms with van der Waals surface area (Å²) in [7, 11) is 1.82. The van der Waals surface area contributed by atoms with Gasteiger partial charge in [0.25, 0.3) is 0 Å². The lowest BCUT2D eigenvalue weighted by atomic mass is 9.96. The van der Waals surface area contributed by atoms with Crippen molar-refractivity contribution < 1.29 is 5.02 Å². The van der Waals surface area contributed by atoms with Crippen molar-refractivity contribution in [3.63, 3.8) is 0 Å². The van der Waals surface area contributed by atoms with Crippen LogP contribution in [0.3, 0.4) is 0 Å². The molecule has 0 spiro atoms. The van der Waals surface area contributed by atoms with E-state index in [-0.39, 0.29) is 7.48 Å². The van der Waals surface area contributed by atoms with E-state index in [9.17, 15) is 0 Å². The molecule has 0 fully saturated rings. The van der Waals surface area contributed by atoms with Gasteiger partial charge in [-0.05, 0) is 6.07 Å². The summed E-state index contributed by atoms with van der Waals surface area (Å²) in [5.74, 6) is 0. The third kappa shape index (κ3) is 1.50. The van der Waals surface area contributed by atoms with Crippen molar-refractivity contribution in [1.82, 2.24) is 14.8 Å². The smallest absolute Gasteiger partial charge is 0.324 e. The topological polar surface area (TPSA) is 50.9 Å². The van der Waals surface area contributed by atoms with Crippen LogP contribution in [0.5, 0.6) is 0 Å². The second kappa shape index (κ2) is 3.31. The summed E-state index contributed by atoms with van der Waals surface area (Å²) in [6.07, 6.45) is 1.74. The molecule has 2 aromatic rings. The molecule has 0 radical (unpaired) electrons. The molecule has 0 bridgehead atoms. The van der Waals surface area contributed by atoms with Crippen molar-refractivity contribution in [2.45, 2.75) is 0 Å². The van der Waals surface area contributed by atoms with E-state index in [1.807, 2.05) is 18.5 Å². The van der Waals surface area contributed by atoms with E-state index in [0.29, 0.717) is 0 Å². The predicted octanol–water partition coefficient (Wildman–Crippen LogP) is -0.487. The van der Waals surface area contributed by atoms with E-state index in [1.165, 1.54) is 11.3 Å². The van der Waals surface area contributed by atoms with E-state index < -0.39 is 0 Å². The van der Waals surface area contributed by atoms with Gasteiger partial charge in [0.05, 0.1) is 0 Å². The van der Waals surface area contributed by atoms with Crippen LogP contribution in [0, 0.1) is 0 Å². The van der Waals surface area contributed by atoms with E-state index in [2.05, 4.69) is 10.1 Å². The fraction of sp³-hybridized carbons (Fsp3) is 0.143. The molecule has 0 aliphatic carbocycles. The van der Waals surface area contributed by atoms with Gasteiger partial charge in [0.15, 0.2) is 0 Å². The van der Waals surface area contributed by atoms with Crippen molar-refractivity contribution >= 4 is 24.4 Å². The lowest BCUT2D eigenvalue weighted by Gasteiger charge is -1.91. The first-order chi connectivity index (χ1) is 6.31. The molecule has 0 saturated carbocycles. The van der Waals surface area contributed by atoms with Gasteiger partial charge in [-0.15, -0.1) is 11.3 Å². The molecule has 13 heavy (non-hydrogen) atoms. The maximum Gasteiger partial charge on any atom is 0.324 e. The first kappa shape index (κ1) is 8.46. The Kier molecular flexibility index (Phi) is 2.16. The molecule has 0 unspecified atom stereocenters. The van der Waals surface area contributed by atoms with Crippen molar-refractivity contribution in [2.24, 2.45) is 7.05 Å². The maximum absolute atomic E-state index is 8.95. The summed E-state index contributed by atoms with van der Waals surface area (Å²) in [5, 5.41) is 16.0. The molecule has 6 heteroatoms. The second-order valence-corrected chi connectivity index (χ2v) is 3.53. The van der Waals surface area contributed by atoms with Gasteiger partial charge in [0, 0.05) is 24.2 Å². The summed E-state index contributed by atoms with van der Waals surface area (Å²) in [6.45, 7) is 0. The van der Waals surface area contributed by atoms with Crippen molar-refractivity contribution in [3.05, 3.63) is 17.6 Å². The van der Waals surface area contributed by atoms with Gasteiger partial charge in [-0.25, -0.2) is 4.98 Å². The predicted molar refractivity (Wildman–Crippen MR) is 53.3 cm³/mol. The largest absolute Gasteiger partial charge is 0.448 e.